The molecule has 1 amide bonds. The second kappa shape index (κ2) is 12.6. The zero-order chi connectivity index (χ0) is 26.1. The lowest BCUT2D eigenvalue weighted by atomic mass is 10.2. The van der Waals surface area contributed by atoms with Crippen LogP contribution in [-0.2, 0) is 16.1 Å². The lowest BCUT2D eigenvalue weighted by Crippen LogP contribution is -2.20. The van der Waals surface area contributed by atoms with Crippen LogP contribution in [0.2, 0.25) is 0 Å². The summed E-state index contributed by atoms with van der Waals surface area (Å²) >= 11 is 1.25. The molecule has 12 heteroatoms. The van der Waals surface area contributed by atoms with Crippen molar-refractivity contribution in [2.45, 2.75) is 25.5 Å². The summed E-state index contributed by atoms with van der Waals surface area (Å²) in [6.45, 7) is 3.90. The number of amides is 1. The largest absolute Gasteiger partial charge is 0.493 e. The van der Waals surface area contributed by atoms with E-state index >= 15 is 0 Å². The fourth-order valence-electron chi connectivity index (χ4n) is 3.21. The van der Waals surface area contributed by atoms with Crippen molar-refractivity contribution in [2.75, 3.05) is 27.1 Å². The Balaban J connectivity index is 1.62. The number of esters is 1. The summed E-state index contributed by atoms with van der Waals surface area (Å²) in [5, 5.41) is 13.1. The molecule has 0 saturated carbocycles. The van der Waals surface area contributed by atoms with Crippen LogP contribution < -0.4 is 24.4 Å². The van der Waals surface area contributed by atoms with E-state index in [1.165, 1.54) is 32.0 Å². The van der Waals surface area contributed by atoms with E-state index in [4.69, 9.17) is 18.9 Å². The third kappa shape index (κ3) is 6.54. The number of carbonyl (C=O) groups is 2. The van der Waals surface area contributed by atoms with Gasteiger partial charge in [-0.3, -0.25) is 9.59 Å². The first-order chi connectivity index (χ1) is 17.4. The number of aromatic nitrogens is 3. The van der Waals surface area contributed by atoms with Gasteiger partial charge in [-0.1, -0.05) is 11.8 Å². The van der Waals surface area contributed by atoms with E-state index in [9.17, 15) is 9.59 Å². The number of nitrogens with one attached hydrogen (secondary N) is 1. The third-order valence-electron chi connectivity index (χ3n) is 4.85. The van der Waals surface area contributed by atoms with Gasteiger partial charge in [0.2, 0.25) is 0 Å². The molecule has 1 heterocycles. The number of carbonyl (C=O) groups excluding carboxylic acids is 2. The predicted molar refractivity (Wildman–Crippen MR) is 135 cm³/mol. The van der Waals surface area contributed by atoms with Crippen LogP contribution in [0.4, 0.5) is 0 Å². The molecule has 0 aliphatic carbocycles. The van der Waals surface area contributed by atoms with Crippen molar-refractivity contribution >= 4 is 29.9 Å². The summed E-state index contributed by atoms with van der Waals surface area (Å²) in [5.41, 5.74) is 3.96. The van der Waals surface area contributed by atoms with E-state index in [0.717, 1.165) is 5.56 Å². The maximum absolute atomic E-state index is 12.3. The van der Waals surface area contributed by atoms with E-state index in [0.29, 0.717) is 46.1 Å². The number of methoxy groups -OCH3 is 3. The topological polar surface area (TPSA) is 126 Å². The number of ether oxygens (including phenoxy) is 4. The second-order valence-corrected chi connectivity index (χ2v) is 8.15. The zero-order valence-corrected chi connectivity index (χ0v) is 21.4. The van der Waals surface area contributed by atoms with Crippen molar-refractivity contribution in [2.24, 2.45) is 5.10 Å². The van der Waals surface area contributed by atoms with Crippen molar-refractivity contribution in [3.05, 3.63) is 42.0 Å². The summed E-state index contributed by atoms with van der Waals surface area (Å²) in [4.78, 5) is 23.5. The molecule has 36 heavy (non-hydrogen) atoms. The first kappa shape index (κ1) is 26.5. The predicted octanol–water partition coefficient (Wildman–Crippen LogP) is 3.16. The van der Waals surface area contributed by atoms with Crippen molar-refractivity contribution in [1.29, 1.82) is 0 Å². The van der Waals surface area contributed by atoms with Gasteiger partial charge in [0.05, 0.1) is 33.3 Å². The number of thioether (sulfide) groups is 1. The van der Waals surface area contributed by atoms with E-state index < -0.39 is 5.97 Å². The van der Waals surface area contributed by atoms with Crippen LogP contribution in [-0.4, -0.2) is 59.9 Å². The summed E-state index contributed by atoms with van der Waals surface area (Å²) < 4.78 is 22.9. The highest BCUT2D eigenvalue weighted by molar-refractivity contribution is 7.99. The second-order valence-electron chi connectivity index (χ2n) is 7.21. The molecule has 0 aliphatic rings. The Labute approximate surface area is 212 Å². The molecule has 0 unspecified atom stereocenters. The molecule has 1 N–H and O–H groups in total. The van der Waals surface area contributed by atoms with Crippen molar-refractivity contribution < 1.29 is 28.5 Å². The van der Waals surface area contributed by atoms with Crippen molar-refractivity contribution in [3.63, 3.8) is 0 Å². The smallest absolute Gasteiger partial charge is 0.308 e. The summed E-state index contributed by atoms with van der Waals surface area (Å²) in [7, 11) is 4.62. The van der Waals surface area contributed by atoms with Gasteiger partial charge in [-0.05, 0) is 48.9 Å². The zero-order valence-electron chi connectivity index (χ0n) is 20.6. The molecule has 0 fully saturated rings. The summed E-state index contributed by atoms with van der Waals surface area (Å²) in [5.74, 6) is 1.88. The average Bonchev–Trinajstić information content (AvgIpc) is 3.30. The van der Waals surface area contributed by atoms with E-state index in [2.05, 4.69) is 20.7 Å². The molecular formula is C24H27N5O6S. The van der Waals surface area contributed by atoms with Crippen LogP contribution >= 0.6 is 11.8 Å². The molecule has 3 aromatic rings. The molecule has 3 rings (SSSR count). The van der Waals surface area contributed by atoms with Gasteiger partial charge in [-0.15, -0.1) is 10.2 Å². The summed E-state index contributed by atoms with van der Waals surface area (Å²) in [6, 6.07) is 10.4. The molecule has 2 aromatic carbocycles. The van der Waals surface area contributed by atoms with Gasteiger partial charge < -0.3 is 23.5 Å². The highest BCUT2D eigenvalue weighted by Crippen LogP contribution is 2.33. The van der Waals surface area contributed by atoms with Crippen LogP contribution in [0.3, 0.4) is 0 Å². The van der Waals surface area contributed by atoms with Crippen molar-refractivity contribution in [1.82, 2.24) is 20.2 Å². The Bertz CT molecular complexity index is 1260. The van der Waals surface area contributed by atoms with Crippen LogP contribution in [0.5, 0.6) is 23.0 Å². The average molecular weight is 514 g/mol. The van der Waals surface area contributed by atoms with Gasteiger partial charge in [0.25, 0.3) is 5.91 Å². The van der Waals surface area contributed by atoms with Gasteiger partial charge in [0.15, 0.2) is 34.0 Å². The Hall–Kier alpha value is -4.06. The van der Waals surface area contributed by atoms with Gasteiger partial charge in [0, 0.05) is 19.0 Å². The Morgan fingerprint density at radius 2 is 1.69 bits per heavy atom. The minimum absolute atomic E-state index is 0.0934. The fraction of sp³-hybridized carbons (Fsp3) is 0.292. The van der Waals surface area contributed by atoms with E-state index in [1.807, 2.05) is 23.6 Å². The van der Waals surface area contributed by atoms with Crippen LogP contribution in [0.1, 0.15) is 19.4 Å². The molecule has 0 aliphatic heterocycles. The minimum atomic E-state index is -0.450. The van der Waals surface area contributed by atoms with E-state index in [1.54, 1.807) is 38.5 Å². The fourth-order valence-corrected chi connectivity index (χ4v) is 4.01. The number of benzene rings is 2. The minimum Gasteiger partial charge on any atom is -0.493 e. The van der Waals surface area contributed by atoms with Gasteiger partial charge in [-0.2, -0.15) is 5.10 Å². The summed E-state index contributed by atoms with van der Waals surface area (Å²) in [6.07, 6.45) is 1.46. The monoisotopic (exact) mass is 513 g/mol. The maximum atomic E-state index is 12.3. The van der Waals surface area contributed by atoms with Crippen LogP contribution in [0.25, 0.3) is 11.4 Å². The Kier molecular flexibility index (Phi) is 9.28. The maximum Gasteiger partial charge on any atom is 0.308 e. The van der Waals surface area contributed by atoms with Gasteiger partial charge in [0.1, 0.15) is 0 Å². The highest BCUT2D eigenvalue weighted by Gasteiger charge is 2.16. The molecule has 1 aromatic heterocycles. The molecule has 0 bridgehead atoms. The van der Waals surface area contributed by atoms with Crippen LogP contribution in [0, 0.1) is 0 Å². The van der Waals surface area contributed by atoms with Gasteiger partial charge >= 0.3 is 5.97 Å². The molecular weight excluding hydrogens is 486 g/mol. The Morgan fingerprint density at radius 1 is 1.00 bits per heavy atom. The normalized spacial score (nSPS) is 10.8. The molecule has 0 atom stereocenters. The number of hydrogen-bond acceptors (Lipinski definition) is 10. The van der Waals surface area contributed by atoms with Crippen LogP contribution in [0.15, 0.2) is 46.7 Å². The third-order valence-corrected chi connectivity index (χ3v) is 5.82. The molecule has 0 saturated heterocycles. The quantitative estimate of drug-likeness (QED) is 0.135. The lowest BCUT2D eigenvalue weighted by Gasteiger charge is -2.10. The molecule has 190 valence electrons. The first-order valence-corrected chi connectivity index (χ1v) is 11.8. The van der Waals surface area contributed by atoms with Crippen molar-refractivity contribution in [3.8, 4) is 34.4 Å². The number of hydrogen-bond donors (Lipinski definition) is 1. The first-order valence-electron chi connectivity index (χ1n) is 10.9. The SMILES string of the molecule is CCn1c(SCC(=O)NN=Cc2ccc(OC(C)=O)c(OC)c2)nnc1-c1ccc(OC)c(OC)c1. The molecule has 0 spiro atoms. The highest BCUT2D eigenvalue weighted by atomic mass is 32.2. The number of nitrogens with zero attached hydrogens (tertiary/aromatic N) is 4. The van der Waals surface area contributed by atoms with E-state index in [-0.39, 0.29) is 11.7 Å². The number of rotatable bonds is 11. The standard InChI is InChI=1S/C24H27N5O6S/c1-6-29-23(17-8-10-18(32-3)21(12-17)34-5)27-28-24(29)36-14-22(31)26-25-13-16-7-9-19(35-15(2)30)20(11-16)33-4/h7-13H,6,14H2,1-5H3,(H,26,31). The van der Waals surface area contributed by atoms with Gasteiger partial charge in [-0.25, -0.2) is 5.43 Å². The molecule has 0 radical (unpaired) electrons. The molecule has 11 nitrogen and oxygen atoms in total. The number of hydrazone groups is 1. The Morgan fingerprint density at radius 3 is 2.36 bits per heavy atom. The lowest BCUT2D eigenvalue weighted by molar-refractivity contribution is -0.132.